The van der Waals surface area contributed by atoms with Crippen molar-refractivity contribution in [3.63, 3.8) is 0 Å². The second kappa shape index (κ2) is 5.52. The van der Waals surface area contributed by atoms with E-state index in [-0.39, 0.29) is 0 Å². The Kier molecular flexibility index (Phi) is 5.00. The van der Waals surface area contributed by atoms with Gasteiger partial charge in [0.1, 0.15) is 12.1 Å². The third kappa shape index (κ3) is 3.91. The monoisotopic (exact) mass is 168 g/mol. The normalized spacial score (nSPS) is 12.6. The number of aldehydes is 1. The van der Waals surface area contributed by atoms with E-state index >= 15 is 0 Å². The number of amidine groups is 1. The number of allylic oxidation sites excluding steroid dienone is 1. The van der Waals surface area contributed by atoms with Crippen molar-refractivity contribution >= 4 is 12.1 Å². The topological polar surface area (TPSA) is 32.7 Å². The highest BCUT2D eigenvalue weighted by molar-refractivity contribution is 5.84. The van der Waals surface area contributed by atoms with Crippen LogP contribution in [0.1, 0.15) is 13.8 Å². The maximum absolute atomic E-state index is 9.96. The molecule has 0 radical (unpaired) electrons. The van der Waals surface area contributed by atoms with E-state index in [1.165, 1.54) is 12.3 Å². The van der Waals surface area contributed by atoms with E-state index in [1.54, 1.807) is 0 Å². The molecule has 0 N–H and O–H groups in total. The summed E-state index contributed by atoms with van der Waals surface area (Å²) in [6, 6.07) is 0. The Hall–Kier alpha value is -1.12. The van der Waals surface area contributed by atoms with Crippen molar-refractivity contribution in [1.82, 2.24) is 4.90 Å². The molecular formula is C9H16N2O. The van der Waals surface area contributed by atoms with Crippen molar-refractivity contribution in [2.24, 2.45) is 10.9 Å². The van der Waals surface area contributed by atoms with Crippen LogP contribution in [-0.2, 0) is 4.79 Å². The lowest BCUT2D eigenvalue weighted by atomic mass is 10.2. The fourth-order valence-corrected chi connectivity index (χ4v) is 0.935. The highest BCUT2D eigenvalue weighted by Crippen LogP contribution is 1.99. The number of nitrogens with zero attached hydrogens (tertiary/aromatic N) is 2. The van der Waals surface area contributed by atoms with Crippen molar-refractivity contribution in [2.45, 2.75) is 13.8 Å². The van der Waals surface area contributed by atoms with E-state index < -0.39 is 0 Å². The van der Waals surface area contributed by atoms with Gasteiger partial charge in [0.25, 0.3) is 0 Å². The van der Waals surface area contributed by atoms with Crippen LogP contribution in [-0.4, -0.2) is 31.1 Å². The maximum atomic E-state index is 9.96. The number of carbonyl (C=O) groups excluding carboxylic acids is 1. The molecule has 0 aromatic carbocycles. The third-order valence-electron chi connectivity index (χ3n) is 1.35. The predicted molar refractivity (Wildman–Crippen MR) is 51.2 cm³/mol. The SMILES string of the molecule is CC(C)/C(=N/C=C\C=O)N(C)C. The van der Waals surface area contributed by atoms with E-state index in [0.29, 0.717) is 5.92 Å². The van der Waals surface area contributed by atoms with E-state index in [1.807, 2.05) is 19.0 Å². The number of rotatable bonds is 3. The lowest BCUT2D eigenvalue weighted by Crippen LogP contribution is -2.26. The van der Waals surface area contributed by atoms with Gasteiger partial charge in [-0.05, 0) is 6.08 Å². The molecular weight excluding hydrogens is 152 g/mol. The van der Waals surface area contributed by atoms with Gasteiger partial charge < -0.3 is 4.90 Å². The second-order valence-corrected chi connectivity index (χ2v) is 3.01. The summed E-state index contributed by atoms with van der Waals surface area (Å²) < 4.78 is 0. The van der Waals surface area contributed by atoms with Gasteiger partial charge in [-0.15, -0.1) is 0 Å². The first-order valence-electron chi connectivity index (χ1n) is 3.95. The van der Waals surface area contributed by atoms with Crippen LogP contribution in [0.4, 0.5) is 0 Å². The smallest absolute Gasteiger partial charge is 0.144 e. The number of aliphatic imine (C=N–C) groups is 1. The van der Waals surface area contributed by atoms with Gasteiger partial charge in [-0.25, -0.2) is 4.99 Å². The molecule has 3 heteroatoms. The first kappa shape index (κ1) is 10.9. The summed E-state index contributed by atoms with van der Waals surface area (Å²) in [5, 5.41) is 0. The van der Waals surface area contributed by atoms with Crippen molar-refractivity contribution in [2.75, 3.05) is 14.1 Å². The van der Waals surface area contributed by atoms with E-state index in [0.717, 1.165) is 12.1 Å². The summed E-state index contributed by atoms with van der Waals surface area (Å²) in [6.07, 6.45) is 3.62. The summed E-state index contributed by atoms with van der Waals surface area (Å²) in [7, 11) is 3.88. The maximum Gasteiger partial charge on any atom is 0.144 e. The molecule has 68 valence electrons. The molecule has 0 unspecified atom stereocenters. The Morgan fingerprint density at radius 1 is 1.42 bits per heavy atom. The standard InChI is InChI=1S/C9H16N2O/c1-8(2)9(11(3)4)10-6-5-7-12/h5-8H,1-4H3/b6-5-,10-9-. The predicted octanol–water partition coefficient (Wildman–Crippen LogP) is 1.32. The van der Waals surface area contributed by atoms with Crippen LogP contribution in [0, 0.1) is 5.92 Å². The highest BCUT2D eigenvalue weighted by Gasteiger charge is 2.04. The molecule has 3 nitrogen and oxygen atoms in total. The van der Waals surface area contributed by atoms with Crippen LogP contribution in [0.3, 0.4) is 0 Å². The molecule has 0 spiro atoms. The fraction of sp³-hybridized carbons (Fsp3) is 0.556. The summed E-state index contributed by atoms with van der Waals surface area (Å²) in [6.45, 7) is 4.13. The van der Waals surface area contributed by atoms with Crippen molar-refractivity contribution in [3.8, 4) is 0 Å². The van der Waals surface area contributed by atoms with Crippen LogP contribution in [0.5, 0.6) is 0 Å². The molecule has 0 rings (SSSR count). The molecule has 0 aliphatic carbocycles. The molecule has 0 amide bonds. The molecule has 0 fully saturated rings. The van der Waals surface area contributed by atoms with Crippen LogP contribution < -0.4 is 0 Å². The Balaban J connectivity index is 4.38. The zero-order valence-electron chi connectivity index (χ0n) is 8.11. The molecule has 0 atom stereocenters. The number of hydrogen-bond acceptors (Lipinski definition) is 2. The zero-order chi connectivity index (χ0) is 9.56. The Bertz CT molecular complexity index is 183. The van der Waals surface area contributed by atoms with Crippen LogP contribution in [0.15, 0.2) is 17.3 Å². The van der Waals surface area contributed by atoms with Gasteiger partial charge in [-0.1, -0.05) is 13.8 Å². The van der Waals surface area contributed by atoms with E-state index in [2.05, 4.69) is 18.8 Å². The minimum atomic E-state index is 0.372. The number of hydrogen-bond donors (Lipinski definition) is 0. The molecule has 0 saturated heterocycles. The Morgan fingerprint density at radius 2 is 2.00 bits per heavy atom. The van der Waals surface area contributed by atoms with Crippen LogP contribution in [0.25, 0.3) is 0 Å². The lowest BCUT2D eigenvalue weighted by molar-refractivity contribution is -0.104. The molecule has 0 saturated carbocycles. The summed E-state index contributed by atoms with van der Waals surface area (Å²) >= 11 is 0. The van der Waals surface area contributed by atoms with Crippen LogP contribution >= 0.6 is 0 Å². The average molecular weight is 168 g/mol. The minimum absolute atomic E-state index is 0.372. The minimum Gasteiger partial charge on any atom is -0.366 e. The van der Waals surface area contributed by atoms with Crippen molar-refractivity contribution in [1.29, 1.82) is 0 Å². The van der Waals surface area contributed by atoms with Gasteiger partial charge in [0.05, 0.1) is 0 Å². The van der Waals surface area contributed by atoms with Gasteiger partial charge in [0, 0.05) is 26.2 Å². The molecule has 0 aliphatic rings. The van der Waals surface area contributed by atoms with Crippen LogP contribution in [0.2, 0.25) is 0 Å². The van der Waals surface area contributed by atoms with Gasteiger partial charge in [-0.2, -0.15) is 0 Å². The number of carbonyl (C=O) groups is 1. The summed E-state index contributed by atoms with van der Waals surface area (Å²) in [5.41, 5.74) is 0. The quantitative estimate of drug-likeness (QED) is 0.275. The molecule has 0 aliphatic heterocycles. The Labute approximate surface area is 73.8 Å². The van der Waals surface area contributed by atoms with Gasteiger partial charge in [-0.3, -0.25) is 4.79 Å². The van der Waals surface area contributed by atoms with Gasteiger partial charge >= 0.3 is 0 Å². The Morgan fingerprint density at radius 3 is 2.33 bits per heavy atom. The second-order valence-electron chi connectivity index (χ2n) is 3.01. The molecule has 0 aromatic rings. The highest BCUT2D eigenvalue weighted by atomic mass is 16.1. The van der Waals surface area contributed by atoms with Crippen molar-refractivity contribution < 1.29 is 4.79 Å². The largest absolute Gasteiger partial charge is 0.366 e. The average Bonchev–Trinajstić information content (AvgIpc) is 1.96. The lowest BCUT2D eigenvalue weighted by Gasteiger charge is -2.17. The third-order valence-corrected chi connectivity index (χ3v) is 1.35. The van der Waals surface area contributed by atoms with E-state index in [4.69, 9.17) is 0 Å². The molecule has 0 bridgehead atoms. The molecule has 12 heavy (non-hydrogen) atoms. The fourth-order valence-electron chi connectivity index (χ4n) is 0.935. The molecule has 0 heterocycles. The first-order valence-corrected chi connectivity index (χ1v) is 3.95. The van der Waals surface area contributed by atoms with Crippen molar-refractivity contribution in [3.05, 3.63) is 12.3 Å². The summed E-state index contributed by atoms with van der Waals surface area (Å²) in [5.74, 6) is 1.34. The van der Waals surface area contributed by atoms with E-state index in [9.17, 15) is 4.79 Å². The summed E-state index contributed by atoms with van der Waals surface area (Å²) in [4.78, 5) is 16.0. The zero-order valence-corrected chi connectivity index (χ0v) is 8.11. The first-order chi connectivity index (χ1) is 5.59. The molecule has 0 aromatic heterocycles. The van der Waals surface area contributed by atoms with Gasteiger partial charge in [0.15, 0.2) is 0 Å². The van der Waals surface area contributed by atoms with Gasteiger partial charge in [0.2, 0.25) is 0 Å².